The Hall–Kier alpha value is -5.13. The second kappa shape index (κ2) is 15.1. The molecule has 2 fully saturated rings. The summed E-state index contributed by atoms with van der Waals surface area (Å²) < 4.78 is 28.9. The molecule has 0 unspecified atom stereocenters. The Morgan fingerprint density at radius 3 is 2.34 bits per heavy atom. The number of amides is 2. The zero-order valence-corrected chi connectivity index (χ0v) is 32.2. The molecule has 56 heavy (non-hydrogen) atoms. The highest BCUT2D eigenvalue weighted by molar-refractivity contribution is 7.89. The number of aryl methyl sites for hydroxylation is 1. The highest BCUT2D eigenvalue weighted by Gasteiger charge is 2.40. The number of hydrogen-bond donors (Lipinski definition) is 4. The Bertz CT molecular complexity index is 2600. The molecule has 6 aromatic rings. The van der Waals surface area contributed by atoms with Crippen molar-refractivity contribution in [3.8, 4) is 0 Å². The van der Waals surface area contributed by atoms with E-state index in [0.29, 0.717) is 5.69 Å². The predicted molar refractivity (Wildman–Crippen MR) is 223 cm³/mol. The number of hydrogen-bond acceptors (Lipinski definition) is 6. The van der Waals surface area contributed by atoms with E-state index in [-0.39, 0.29) is 36.9 Å². The lowest BCUT2D eigenvalue weighted by Gasteiger charge is -2.34. The van der Waals surface area contributed by atoms with Crippen LogP contribution >= 0.6 is 0 Å². The van der Waals surface area contributed by atoms with E-state index in [2.05, 4.69) is 70.5 Å². The van der Waals surface area contributed by atoms with Crippen LogP contribution in [0.2, 0.25) is 0 Å². The van der Waals surface area contributed by atoms with Crippen LogP contribution in [0.3, 0.4) is 0 Å². The maximum Gasteiger partial charge on any atom is 0.243 e. The smallest absolute Gasteiger partial charge is 0.243 e. The topological polar surface area (TPSA) is 134 Å². The van der Waals surface area contributed by atoms with Gasteiger partial charge in [-0.1, -0.05) is 84.9 Å². The molecular formula is C46H47N5O4S. The van der Waals surface area contributed by atoms with Gasteiger partial charge in [0.05, 0.1) is 17.0 Å². The van der Waals surface area contributed by atoms with Crippen LogP contribution in [0.1, 0.15) is 65.8 Å². The molecule has 286 valence electrons. The Labute approximate surface area is 327 Å². The van der Waals surface area contributed by atoms with Gasteiger partial charge in [-0.2, -0.15) is 4.31 Å². The van der Waals surface area contributed by atoms with E-state index in [1.807, 2.05) is 24.3 Å². The van der Waals surface area contributed by atoms with E-state index in [9.17, 15) is 18.0 Å². The molecule has 0 radical (unpaired) electrons. The summed E-state index contributed by atoms with van der Waals surface area (Å²) in [5.74, 6) is -0.0854. The summed E-state index contributed by atoms with van der Waals surface area (Å²) in [5, 5.41) is 16.7. The van der Waals surface area contributed by atoms with E-state index in [1.165, 1.54) is 63.2 Å². The summed E-state index contributed by atoms with van der Waals surface area (Å²) in [5.41, 5.74) is 12.2. The Morgan fingerprint density at radius 1 is 0.821 bits per heavy atom. The lowest BCUT2D eigenvalue weighted by molar-refractivity contribution is -0.130. The largest absolute Gasteiger partial charge is 0.353 e. The summed E-state index contributed by atoms with van der Waals surface area (Å²) in [6.07, 6.45) is 5.20. The van der Waals surface area contributed by atoms with Crippen molar-refractivity contribution in [1.29, 1.82) is 0 Å². The van der Waals surface area contributed by atoms with Crippen molar-refractivity contribution in [3.05, 3.63) is 131 Å². The molecule has 1 saturated carbocycles. The van der Waals surface area contributed by atoms with Crippen LogP contribution in [0, 0.1) is 5.92 Å². The van der Waals surface area contributed by atoms with Gasteiger partial charge in [-0.3, -0.25) is 9.59 Å². The predicted octanol–water partition coefficient (Wildman–Crippen LogP) is 7.09. The van der Waals surface area contributed by atoms with Crippen LogP contribution < -0.4 is 21.7 Å². The number of anilines is 1. The minimum atomic E-state index is -4.07. The zero-order valence-electron chi connectivity index (χ0n) is 31.4. The Kier molecular flexibility index (Phi) is 9.83. The Morgan fingerprint density at radius 2 is 1.55 bits per heavy atom. The third-order valence-corrected chi connectivity index (χ3v) is 14.0. The number of carbonyl (C=O) groups is 2. The van der Waals surface area contributed by atoms with E-state index in [0.717, 1.165) is 64.5 Å². The second-order valence-corrected chi connectivity index (χ2v) is 17.5. The number of piperazine rings is 1. The molecule has 0 bridgehead atoms. The SMILES string of the molecule is NCc1ccc(S(=O)(=O)N2CCNC(=O)[C@H]2CC(=O)Nc2c([C@@H]3CCCc4c3ccc3c4cc(CNCC4CC4)c4ccccc43)ccc3ccccc23)cc1. The molecule has 0 aromatic heterocycles. The molecule has 10 heteroatoms. The van der Waals surface area contributed by atoms with Gasteiger partial charge in [0.1, 0.15) is 6.04 Å². The van der Waals surface area contributed by atoms with Gasteiger partial charge >= 0.3 is 0 Å². The molecule has 6 aromatic carbocycles. The van der Waals surface area contributed by atoms with Crippen LogP contribution in [-0.2, 0) is 39.1 Å². The van der Waals surface area contributed by atoms with Gasteiger partial charge in [0.25, 0.3) is 0 Å². The average molecular weight is 766 g/mol. The molecule has 2 aliphatic carbocycles. The number of nitrogens with zero attached hydrogens (tertiary/aromatic N) is 1. The highest BCUT2D eigenvalue weighted by Crippen LogP contribution is 2.45. The molecule has 3 aliphatic rings. The van der Waals surface area contributed by atoms with Crippen molar-refractivity contribution >= 4 is 59.8 Å². The van der Waals surface area contributed by atoms with Crippen molar-refractivity contribution in [1.82, 2.24) is 14.9 Å². The van der Waals surface area contributed by atoms with Crippen molar-refractivity contribution in [2.45, 2.75) is 68.5 Å². The van der Waals surface area contributed by atoms with Crippen molar-refractivity contribution in [2.24, 2.45) is 11.7 Å². The fourth-order valence-electron chi connectivity index (χ4n) is 8.97. The van der Waals surface area contributed by atoms with Crippen molar-refractivity contribution < 1.29 is 18.0 Å². The summed E-state index contributed by atoms with van der Waals surface area (Å²) in [4.78, 5) is 27.6. The minimum absolute atomic E-state index is 0.0253. The molecule has 0 spiro atoms. The van der Waals surface area contributed by atoms with Crippen molar-refractivity contribution in [2.75, 3.05) is 25.0 Å². The molecule has 5 N–H and O–H groups in total. The summed E-state index contributed by atoms with van der Waals surface area (Å²) in [7, 11) is -4.07. The number of nitrogens with one attached hydrogen (secondary N) is 3. The molecule has 9 rings (SSSR count). The number of benzene rings is 6. The highest BCUT2D eigenvalue weighted by atomic mass is 32.2. The van der Waals surface area contributed by atoms with Crippen LogP contribution in [0.4, 0.5) is 5.69 Å². The summed E-state index contributed by atoms with van der Waals surface area (Å²) in [6.45, 7) is 2.39. The number of carbonyl (C=O) groups excluding carboxylic acids is 2. The van der Waals surface area contributed by atoms with Gasteiger partial charge in [0, 0.05) is 37.5 Å². The maximum absolute atomic E-state index is 14.2. The third kappa shape index (κ3) is 6.85. The van der Waals surface area contributed by atoms with E-state index < -0.39 is 27.9 Å². The van der Waals surface area contributed by atoms with Gasteiger partial charge in [0.2, 0.25) is 21.8 Å². The van der Waals surface area contributed by atoms with Crippen molar-refractivity contribution in [3.63, 3.8) is 0 Å². The van der Waals surface area contributed by atoms with Gasteiger partial charge in [-0.05, 0) is 118 Å². The average Bonchev–Trinajstić information content (AvgIpc) is 4.06. The quantitative estimate of drug-likeness (QED) is 0.104. The van der Waals surface area contributed by atoms with E-state index in [4.69, 9.17) is 5.73 Å². The first-order valence-corrected chi connectivity index (χ1v) is 21.3. The van der Waals surface area contributed by atoms with Crippen LogP contribution in [0.25, 0.3) is 32.3 Å². The first-order valence-electron chi connectivity index (χ1n) is 19.9. The molecule has 1 heterocycles. The first-order chi connectivity index (χ1) is 27.3. The molecule has 1 saturated heterocycles. The first kappa shape index (κ1) is 36.5. The normalized spacial score (nSPS) is 18.9. The molecular weight excluding hydrogens is 719 g/mol. The number of nitrogens with two attached hydrogens (primary N) is 1. The van der Waals surface area contributed by atoms with Crippen LogP contribution in [-0.4, -0.2) is 50.2 Å². The van der Waals surface area contributed by atoms with E-state index >= 15 is 0 Å². The second-order valence-electron chi connectivity index (χ2n) is 15.6. The molecule has 2 amide bonds. The molecule has 1 aliphatic heterocycles. The fraction of sp³-hybridized carbons (Fsp3) is 0.304. The third-order valence-electron chi connectivity index (χ3n) is 12.0. The number of fused-ring (bicyclic) bond motifs is 6. The standard InChI is InChI=1S/C46H47N5O4S/c47-26-29-14-17-33(18-15-29)56(54,55)51-23-22-49-46(53)43(51)25-44(52)50-45-35-8-2-1-6-31(35)16-19-41(45)37-10-5-11-38-39(37)20-21-40-36-9-4-3-7-34(36)32(24-42(38)40)28-48-27-30-12-13-30/h1-4,6-9,14-21,24,30,37,43,48H,5,10-13,22-23,25-28,47H2,(H,49,53)(H,50,52)/t37-,43-/m1/s1. The Balaban J connectivity index is 1.07. The van der Waals surface area contributed by atoms with Gasteiger partial charge < -0.3 is 21.7 Å². The summed E-state index contributed by atoms with van der Waals surface area (Å²) in [6, 6.07) is 33.1. The zero-order chi connectivity index (χ0) is 38.4. The number of sulfonamides is 1. The minimum Gasteiger partial charge on any atom is -0.353 e. The maximum atomic E-state index is 14.2. The fourth-order valence-corrected chi connectivity index (χ4v) is 10.6. The lowest BCUT2D eigenvalue weighted by Crippen LogP contribution is -2.57. The van der Waals surface area contributed by atoms with E-state index in [1.54, 1.807) is 12.1 Å². The lowest BCUT2D eigenvalue weighted by atomic mass is 9.75. The van der Waals surface area contributed by atoms with Gasteiger partial charge in [-0.15, -0.1) is 0 Å². The van der Waals surface area contributed by atoms with Gasteiger partial charge in [0.15, 0.2) is 0 Å². The van der Waals surface area contributed by atoms with Gasteiger partial charge in [-0.25, -0.2) is 8.42 Å². The molecule has 2 atom stereocenters. The monoisotopic (exact) mass is 765 g/mol. The summed E-state index contributed by atoms with van der Waals surface area (Å²) >= 11 is 0. The van der Waals surface area contributed by atoms with Crippen LogP contribution in [0.5, 0.6) is 0 Å². The van der Waals surface area contributed by atoms with Crippen LogP contribution in [0.15, 0.2) is 108 Å². The number of rotatable bonds is 11. The molecule has 9 nitrogen and oxygen atoms in total.